The molecule has 2 N–H and O–H groups in total. The van der Waals surface area contributed by atoms with Gasteiger partial charge in [0.1, 0.15) is 12.1 Å². The highest BCUT2D eigenvalue weighted by Gasteiger charge is 2.22. The van der Waals surface area contributed by atoms with Crippen LogP contribution in [0.1, 0.15) is 38.2 Å². The molecule has 0 bridgehead atoms. The molecule has 1 atom stereocenters. The Labute approximate surface area is 149 Å². The molecule has 0 aliphatic heterocycles. The Morgan fingerprint density at radius 3 is 2.67 bits per heavy atom. The highest BCUT2D eigenvalue weighted by atomic mass is 32.2. The molecule has 1 fully saturated rings. The zero-order chi connectivity index (χ0) is 16.9. The second kappa shape index (κ2) is 8.17. The van der Waals surface area contributed by atoms with Crippen LogP contribution in [0.5, 0.6) is 0 Å². The van der Waals surface area contributed by atoms with Gasteiger partial charge in [0, 0.05) is 29.3 Å². The Morgan fingerprint density at radius 1 is 1.17 bits per heavy atom. The lowest BCUT2D eigenvalue weighted by molar-refractivity contribution is 0.337. The fourth-order valence-electron chi connectivity index (χ4n) is 3.58. The van der Waals surface area contributed by atoms with Gasteiger partial charge in [0.25, 0.3) is 0 Å². The summed E-state index contributed by atoms with van der Waals surface area (Å²) in [5.41, 5.74) is 2.26. The number of benzene rings is 1. The Bertz CT molecular complexity index is 667. The van der Waals surface area contributed by atoms with Crippen LogP contribution >= 0.6 is 11.8 Å². The summed E-state index contributed by atoms with van der Waals surface area (Å²) in [4.78, 5) is 8.87. The molecule has 0 radical (unpaired) electrons. The van der Waals surface area contributed by atoms with Gasteiger partial charge < -0.3 is 10.6 Å². The van der Waals surface area contributed by atoms with Gasteiger partial charge in [-0.3, -0.25) is 0 Å². The molecule has 1 heterocycles. The second-order valence-corrected chi connectivity index (χ2v) is 7.87. The monoisotopic (exact) mass is 344 g/mol. The molecule has 1 aliphatic carbocycles. The van der Waals surface area contributed by atoms with Crippen LogP contribution in [0.4, 0.5) is 5.82 Å². The molecule has 0 amide bonds. The van der Waals surface area contributed by atoms with Crippen molar-refractivity contribution >= 4 is 28.5 Å². The Morgan fingerprint density at radius 2 is 1.92 bits per heavy atom. The Hall–Kier alpha value is -1.33. The number of aryl methyl sites for hydroxylation is 1. The molecule has 4 nitrogen and oxygen atoms in total. The molecule has 24 heavy (non-hydrogen) atoms. The number of hydrogen-bond acceptors (Lipinski definition) is 5. The first-order valence-corrected chi connectivity index (χ1v) is 10.3. The number of aromatic nitrogens is 2. The molecule has 5 heteroatoms. The van der Waals surface area contributed by atoms with Gasteiger partial charge >= 0.3 is 0 Å². The van der Waals surface area contributed by atoms with E-state index in [1.54, 1.807) is 6.33 Å². The van der Waals surface area contributed by atoms with E-state index in [9.17, 15) is 0 Å². The summed E-state index contributed by atoms with van der Waals surface area (Å²) in [7, 11) is 0. The van der Waals surface area contributed by atoms with Crippen molar-refractivity contribution in [1.82, 2.24) is 15.3 Å². The molecular weight excluding hydrogens is 316 g/mol. The second-order valence-electron chi connectivity index (χ2n) is 6.96. The SMILES string of the molecule is CSCC(C)NC1CCC(Nc2ncnc3ccc(C)cc23)CC1. The molecule has 130 valence electrons. The van der Waals surface area contributed by atoms with Gasteiger partial charge in [-0.25, -0.2) is 9.97 Å². The highest BCUT2D eigenvalue weighted by Crippen LogP contribution is 2.26. The van der Waals surface area contributed by atoms with Crippen LogP contribution in [-0.4, -0.2) is 40.1 Å². The van der Waals surface area contributed by atoms with E-state index < -0.39 is 0 Å². The summed E-state index contributed by atoms with van der Waals surface area (Å²) >= 11 is 1.91. The van der Waals surface area contributed by atoms with Crippen molar-refractivity contribution in [2.24, 2.45) is 0 Å². The number of hydrogen-bond donors (Lipinski definition) is 2. The largest absolute Gasteiger partial charge is 0.367 e. The van der Waals surface area contributed by atoms with E-state index in [1.165, 1.54) is 37.0 Å². The van der Waals surface area contributed by atoms with Crippen LogP contribution in [-0.2, 0) is 0 Å². The van der Waals surface area contributed by atoms with E-state index in [1.807, 2.05) is 11.8 Å². The highest BCUT2D eigenvalue weighted by molar-refractivity contribution is 7.98. The molecule has 1 aromatic carbocycles. The van der Waals surface area contributed by atoms with Crippen LogP contribution in [0.3, 0.4) is 0 Å². The molecule has 1 saturated carbocycles. The maximum atomic E-state index is 4.49. The summed E-state index contributed by atoms with van der Waals surface area (Å²) in [5.74, 6) is 2.17. The quantitative estimate of drug-likeness (QED) is 0.829. The normalized spacial score (nSPS) is 22.5. The fourth-order valence-corrected chi connectivity index (χ4v) is 4.18. The van der Waals surface area contributed by atoms with Gasteiger partial charge in [0.05, 0.1) is 5.52 Å². The maximum absolute atomic E-state index is 4.49. The standard InChI is InChI=1S/C19H28N4S/c1-13-4-9-18-17(10-13)19(21-12-20-18)23-16-7-5-15(6-8-16)22-14(2)11-24-3/h4,9-10,12,14-16,22H,5-8,11H2,1-3H3,(H,20,21,23). The van der Waals surface area contributed by atoms with Gasteiger partial charge in [-0.2, -0.15) is 11.8 Å². The molecule has 1 aromatic heterocycles. The van der Waals surface area contributed by atoms with Gasteiger partial charge in [-0.1, -0.05) is 11.6 Å². The van der Waals surface area contributed by atoms with Gasteiger partial charge in [-0.15, -0.1) is 0 Å². The van der Waals surface area contributed by atoms with E-state index in [4.69, 9.17) is 0 Å². The topological polar surface area (TPSA) is 49.8 Å². The Balaban J connectivity index is 1.59. The van der Waals surface area contributed by atoms with Crippen LogP contribution < -0.4 is 10.6 Å². The fraction of sp³-hybridized carbons (Fsp3) is 0.579. The van der Waals surface area contributed by atoms with Crippen LogP contribution in [0.15, 0.2) is 24.5 Å². The predicted octanol–water partition coefficient (Wildman–Crippen LogP) is 4.00. The minimum Gasteiger partial charge on any atom is -0.367 e. The molecular formula is C19H28N4S. The van der Waals surface area contributed by atoms with Crippen molar-refractivity contribution in [3.63, 3.8) is 0 Å². The van der Waals surface area contributed by atoms with Crippen molar-refractivity contribution < 1.29 is 0 Å². The van der Waals surface area contributed by atoms with E-state index in [0.717, 1.165) is 16.7 Å². The van der Waals surface area contributed by atoms with E-state index >= 15 is 0 Å². The zero-order valence-electron chi connectivity index (χ0n) is 14.9. The van der Waals surface area contributed by atoms with Crippen LogP contribution in [0.2, 0.25) is 0 Å². The molecule has 0 saturated heterocycles. The maximum Gasteiger partial charge on any atom is 0.137 e. The third kappa shape index (κ3) is 4.39. The predicted molar refractivity (Wildman–Crippen MR) is 105 cm³/mol. The third-order valence-corrected chi connectivity index (χ3v) is 5.63. The zero-order valence-corrected chi connectivity index (χ0v) is 15.7. The van der Waals surface area contributed by atoms with E-state index in [2.05, 4.69) is 58.9 Å². The van der Waals surface area contributed by atoms with Gasteiger partial charge in [0.15, 0.2) is 0 Å². The number of rotatable bonds is 6. The number of nitrogens with zero attached hydrogens (tertiary/aromatic N) is 2. The summed E-state index contributed by atoms with van der Waals surface area (Å²) in [6, 6.07) is 8.13. The summed E-state index contributed by atoms with van der Waals surface area (Å²) in [5, 5.41) is 8.56. The molecule has 2 aromatic rings. The summed E-state index contributed by atoms with van der Waals surface area (Å²) < 4.78 is 0. The van der Waals surface area contributed by atoms with Crippen LogP contribution in [0, 0.1) is 6.92 Å². The number of nitrogens with one attached hydrogen (secondary N) is 2. The van der Waals surface area contributed by atoms with Crippen molar-refractivity contribution in [3.8, 4) is 0 Å². The van der Waals surface area contributed by atoms with Crippen molar-refractivity contribution in [1.29, 1.82) is 0 Å². The summed E-state index contributed by atoms with van der Waals surface area (Å²) in [6.07, 6.45) is 8.70. The van der Waals surface area contributed by atoms with E-state index in [0.29, 0.717) is 18.1 Å². The minimum absolute atomic E-state index is 0.512. The van der Waals surface area contributed by atoms with Crippen LogP contribution in [0.25, 0.3) is 10.9 Å². The first kappa shape index (κ1) is 17.5. The average molecular weight is 345 g/mol. The Kier molecular flexibility index (Phi) is 5.95. The molecule has 3 rings (SSSR count). The first-order chi connectivity index (χ1) is 11.7. The third-order valence-electron chi connectivity index (χ3n) is 4.80. The smallest absolute Gasteiger partial charge is 0.137 e. The molecule has 1 unspecified atom stereocenters. The lowest BCUT2D eigenvalue weighted by Crippen LogP contribution is -2.42. The minimum atomic E-state index is 0.512. The summed E-state index contributed by atoms with van der Waals surface area (Å²) in [6.45, 7) is 4.40. The van der Waals surface area contributed by atoms with Gasteiger partial charge in [-0.05, 0) is 57.9 Å². The number of fused-ring (bicyclic) bond motifs is 1. The van der Waals surface area contributed by atoms with Crippen molar-refractivity contribution in [2.75, 3.05) is 17.3 Å². The number of thioether (sulfide) groups is 1. The average Bonchev–Trinajstić information content (AvgIpc) is 2.57. The van der Waals surface area contributed by atoms with E-state index in [-0.39, 0.29) is 0 Å². The first-order valence-electron chi connectivity index (χ1n) is 8.88. The van der Waals surface area contributed by atoms with Crippen molar-refractivity contribution in [2.45, 2.75) is 57.7 Å². The number of anilines is 1. The molecule has 0 spiro atoms. The lowest BCUT2D eigenvalue weighted by atomic mass is 9.90. The lowest BCUT2D eigenvalue weighted by Gasteiger charge is -2.32. The molecule has 1 aliphatic rings. The van der Waals surface area contributed by atoms with Gasteiger partial charge in [0.2, 0.25) is 0 Å². The van der Waals surface area contributed by atoms with Crippen molar-refractivity contribution in [3.05, 3.63) is 30.1 Å².